The van der Waals surface area contributed by atoms with E-state index in [1.54, 1.807) is 6.92 Å². The maximum absolute atomic E-state index is 13.6. The van der Waals surface area contributed by atoms with Crippen LogP contribution in [-0.4, -0.2) is 37.0 Å². The maximum atomic E-state index is 13.6. The quantitative estimate of drug-likeness (QED) is 0.661. The van der Waals surface area contributed by atoms with E-state index in [0.717, 1.165) is 6.07 Å². The molecule has 2 N–H and O–H groups in total. The highest BCUT2D eigenvalue weighted by Crippen LogP contribution is 2.18. The fourth-order valence-corrected chi connectivity index (χ4v) is 1.55. The van der Waals surface area contributed by atoms with Crippen molar-refractivity contribution < 1.29 is 18.7 Å². The van der Waals surface area contributed by atoms with Gasteiger partial charge < -0.3 is 15.4 Å². The van der Waals surface area contributed by atoms with Crippen LogP contribution in [0, 0.1) is 12.7 Å². The van der Waals surface area contributed by atoms with E-state index < -0.39 is 17.7 Å². The first-order chi connectivity index (χ1) is 8.90. The molecule has 0 spiro atoms. The van der Waals surface area contributed by atoms with Crippen LogP contribution < -0.4 is 5.73 Å². The second kappa shape index (κ2) is 6.17. The smallest absolute Gasteiger partial charge is 0.325 e. The van der Waals surface area contributed by atoms with Crippen molar-refractivity contribution >= 4 is 17.6 Å². The summed E-state index contributed by atoms with van der Waals surface area (Å²) in [7, 11) is 1.24. The largest absolute Gasteiger partial charge is 0.468 e. The number of esters is 1. The van der Waals surface area contributed by atoms with Gasteiger partial charge >= 0.3 is 5.97 Å². The molecule has 104 valence electrons. The Morgan fingerprint density at radius 2 is 2.05 bits per heavy atom. The molecule has 0 atom stereocenters. The summed E-state index contributed by atoms with van der Waals surface area (Å²) in [6, 6.07) is 2.52. The fraction of sp³-hybridized carbons (Fsp3) is 0.385. The molecule has 1 aromatic carbocycles. The highest BCUT2D eigenvalue weighted by atomic mass is 19.1. The molecule has 5 nitrogen and oxygen atoms in total. The maximum Gasteiger partial charge on any atom is 0.325 e. The van der Waals surface area contributed by atoms with Gasteiger partial charge in [-0.1, -0.05) is 0 Å². The minimum atomic E-state index is -0.544. The molecule has 0 aromatic heterocycles. The molecule has 0 saturated heterocycles. The van der Waals surface area contributed by atoms with Crippen LogP contribution in [0.5, 0.6) is 0 Å². The van der Waals surface area contributed by atoms with E-state index in [0.29, 0.717) is 12.1 Å². The normalized spacial score (nSPS) is 10.1. The van der Waals surface area contributed by atoms with E-state index in [-0.39, 0.29) is 17.8 Å². The van der Waals surface area contributed by atoms with Gasteiger partial charge in [0, 0.05) is 23.4 Å². The molecule has 19 heavy (non-hydrogen) atoms. The zero-order valence-corrected chi connectivity index (χ0v) is 11.2. The average molecular weight is 268 g/mol. The van der Waals surface area contributed by atoms with Crippen molar-refractivity contribution in [3.8, 4) is 0 Å². The van der Waals surface area contributed by atoms with Crippen molar-refractivity contribution in [3.63, 3.8) is 0 Å². The molecule has 0 radical (unpaired) electrons. The molecule has 0 aliphatic heterocycles. The molecule has 0 aliphatic carbocycles. The van der Waals surface area contributed by atoms with E-state index in [9.17, 15) is 14.0 Å². The van der Waals surface area contributed by atoms with E-state index in [1.165, 1.54) is 25.0 Å². The standard InChI is InChI=1S/C13H17FN2O3/c1-4-16(7-12(17)19-3)13(18)9-5-10(14)8(2)11(15)6-9/h5-6H,4,7,15H2,1-3H3. The van der Waals surface area contributed by atoms with Gasteiger partial charge in [-0.2, -0.15) is 0 Å². The molecular weight excluding hydrogens is 251 g/mol. The first-order valence-corrected chi connectivity index (χ1v) is 5.82. The highest BCUT2D eigenvalue weighted by Gasteiger charge is 2.19. The molecule has 0 bridgehead atoms. The lowest BCUT2D eigenvalue weighted by Gasteiger charge is -2.20. The third kappa shape index (κ3) is 3.43. The number of hydrogen-bond donors (Lipinski definition) is 1. The number of benzene rings is 1. The number of nitrogen functional groups attached to an aromatic ring is 1. The molecule has 1 rings (SSSR count). The first-order valence-electron chi connectivity index (χ1n) is 5.82. The van der Waals surface area contributed by atoms with E-state index >= 15 is 0 Å². The number of carbonyl (C=O) groups is 2. The van der Waals surface area contributed by atoms with Crippen LogP contribution in [0.1, 0.15) is 22.8 Å². The second-order valence-corrected chi connectivity index (χ2v) is 4.07. The summed E-state index contributed by atoms with van der Waals surface area (Å²) < 4.78 is 18.1. The number of methoxy groups -OCH3 is 1. The molecule has 0 saturated carbocycles. The van der Waals surface area contributed by atoms with Gasteiger partial charge in [-0.15, -0.1) is 0 Å². The first kappa shape index (κ1) is 14.9. The zero-order chi connectivity index (χ0) is 14.6. The van der Waals surface area contributed by atoms with Gasteiger partial charge in [-0.3, -0.25) is 9.59 Å². The van der Waals surface area contributed by atoms with E-state index in [1.807, 2.05) is 0 Å². The number of carbonyl (C=O) groups excluding carboxylic acids is 2. The van der Waals surface area contributed by atoms with Crippen LogP contribution in [0.2, 0.25) is 0 Å². The third-order valence-electron chi connectivity index (χ3n) is 2.85. The van der Waals surface area contributed by atoms with Crippen molar-refractivity contribution in [1.82, 2.24) is 4.90 Å². The van der Waals surface area contributed by atoms with Gasteiger partial charge in [0.2, 0.25) is 0 Å². The Morgan fingerprint density at radius 1 is 1.42 bits per heavy atom. The number of nitrogens with zero attached hydrogens (tertiary/aromatic N) is 1. The van der Waals surface area contributed by atoms with Gasteiger partial charge in [0.25, 0.3) is 5.91 Å². The summed E-state index contributed by atoms with van der Waals surface area (Å²) in [5.74, 6) is -1.54. The molecule has 6 heteroatoms. The lowest BCUT2D eigenvalue weighted by molar-refractivity contribution is -0.141. The Bertz CT molecular complexity index is 480. The molecule has 1 aromatic rings. The number of rotatable bonds is 4. The van der Waals surface area contributed by atoms with E-state index in [2.05, 4.69) is 4.74 Å². The van der Waals surface area contributed by atoms with Crippen molar-refractivity contribution in [2.24, 2.45) is 0 Å². The SMILES string of the molecule is CCN(CC(=O)OC)C(=O)c1cc(N)c(C)c(F)c1. The predicted octanol–water partition coefficient (Wildman–Crippen LogP) is 1.35. The van der Waals surface area contributed by atoms with Crippen molar-refractivity contribution in [1.29, 1.82) is 0 Å². The zero-order valence-electron chi connectivity index (χ0n) is 11.2. The minimum absolute atomic E-state index is 0.117. The number of amides is 1. The summed E-state index contributed by atoms with van der Waals surface area (Å²) in [6.45, 7) is 3.38. The Hall–Kier alpha value is -2.11. The average Bonchev–Trinajstić information content (AvgIpc) is 2.40. The summed E-state index contributed by atoms with van der Waals surface area (Å²) in [5.41, 5.74) is 6.25. The number of anilines is 1. The highest BCUT2D eigenvalue weighted by molar-refractivity contribution is 5.96. The van der Waals surface area contributed by atoms with Gasteiger partial charge in [0.15, 0.2) is 0 Å². The number of hydrogen-bond acceptors (Lipinski definition) is 4. The topological polar surface area (TPSA) is 72.6 Å². The third-order valence-corrected chi connectivity index (χ3v) is 2.85. The summed E-state index contributed by atoms with van der Waals surface area (Å²) in [4.78, 5) is 24.6. The second-order valence-electron chi connectivity index (χ2n) is 4.07. The number of halogens is 1. The molecule has 0 fully saturated rings. The molecule has 0 unspecified atom stereocenters. The molecule has 0 aliphatic rings. The fourth-order valence-electron chi connectivity index (χ4n) is 1.55. The van der Waals surface area contributed by atoms with Crippen molar-refractivity contribution in [2.45, 2.75) is 13.8 Å². The van der Waals surface area contributed by atoms with Crippen LogP contribution in [0.3, 0.4) is 0 Å². The van der Waals surface area contributed by atoms with Crippen molar-refractivity contribution in [3.05, 3.63) is 29.1 Å². The number of ether oxygens (including phenoxy) is 1. The predicted molar refractivity (Wildman–Crippen MR) is 69.1 cm³/mol. The van der Waals surface area contributed by atoms with Gasteiger partial charge in [0.1, 0.15) is 12.4 Å². The van der Waals surface area contributed by atoms with Crippen LogP contribution in [0.25, 0.3) is 0 Å². The Labute approximate surface area is 111 Å². The van der Waals surface area contributed by atoms with Gasteiger partial charge in [-0.25, -0.2) is 4.39 Å². The van der Waals surface area contributed by atoms with Crippen LogP contribution >= 0.6 is 0 Å². The number of nitrogens with two attached hydrogens (primary N) is 1. The van der Waals surface area contributed by atoms with Crippen LogP contribution in [0.4, 0.5) is 10.1 Å². The lowest BCUT2D eigenvalue weighted by atomic mass is 10.1. The summed E-state index contributed by atoms with van der Waals surface area (Å²) >= 11 is 0. The van der Waals surface area contributed by atoms with Gasteiger partial charge in [-0.05, 0) is 26.0 Å². The Morgan fingerprint density at radius 3 is 2.53 bits per heavy atom. The monoisotopic (exact) mass is 268 g/mol. The summed E-state index contributed by atoms with van der Waals surface area (Å²) in [5, 5.41) is 0. The molecule has 0 heterocycles. The van der Waals surface area contributed by atoms with Crippen molar-refractivity contribution in [2.75, 3.05) is 25.9 Å². The Kier molecular flexibility index (Phi) is 4.86. The van der Waals surface area contributed by atoms with Crippen LogP contribution in [-0.2, 0) is 9.53 Å². The Balaban J connectivity index is 3.01. The van der Waals surface area contributed by atoms with Crippen LogP contribution in [0.15, 0.2) is 12.1 Å². The van der Waals surface area contributed by atoms with E-state index in [4.69, 9.17) is 5.73 Å². The number of likely N-dealkylation sites (N-methyl/N-ethyl adjacent to an activating group) is 1. The lowest BCUT2D eigenvalue weighted by Crippen LogP contribution is -2.36. The van der Waals surface area contributed by atoms with Gasteiger partial charge in [0.05, 0.1) is 7.11 Å². The molecular formula is C13H17FN2O3. The summed E-state index contributed by atoms with van der Waals surface area (Å²) in [6.07, 6.45) is 0. The molecule has 1 amide bonds. The minimum Gasteiger partial charge on any atom is -0.468 e.